The number of aromatic hydroxyl groups is 1. The molecule has 0 aromatic heterocycles. The van der Waals surface area contributed by atoms with E-state index >= 15 is 0 Å². The number of phenolic OH excluding ortho intramolecular Hbond substituents is 1. The molecule has 3 N–H and O–H groups in total. The molecule has 0 unspecified atom stereocenters. The average Bonchev–Trinajstić information content (AvgIpc) is 2.52. The van der Waals surface area contributed by atoms with E-state index in [-0.39, 0.29) is 17.0 Å². The molecule has 0 aliphatic rings. The van der Waals surface area contributed by atoms with Gasteiger partial charge in [-0.05, 0) is 42.8 Å². The monoisotopic (exact) mass is 371 g/mol. The smallest absolute Gasteiger partial charge is 0.267 e. The first-order chi connectivity index (χ1) is 11.0. The molecule has 0 heterocycles. The maximum absolute atomic E-state index is 12.1. The van der Waals surface area contributed by atoms with Crippen LogP contribution in [-0.2, 0) is 4.79 Å². The lowest BCUT2D eigenvalue weighted by Crippen LogP contribution is -2.14. The van der Waals surface area contributed by atoms with E-state index in [0.29, 0.717) is 0 Å². The lowest BCUT2D eigenvalue weighted by molar-refractivity contribution is -0.112. The fourth-order valence-corrected chi connectivity index (χ4v) is 2.33. The molecule has 0 saturated carbocycles. The van der Waals surface area contributed by atoms with Crippen LogP contribution < -0.4 is 10.6 Å². The number of nitriles is 1. The van der Waals surface area contributed by atoms with Crippen LogP contribution in [0.2, 0.25) is 0 Å². The zero-order valence-corrected chi connectivity index (χ0v) is 13.9. The minimum atomic E-state index is -0.601. The molecule has 0 fully saturated rings. The van der Waals surface area contributed by atoms with Gasteiger partial charge in [0.15, 0.2) is 0 Å². The van der Waals surface area contributed by atoms with Gasteiger partial charge in [-0.1, -0.05) is 28.1 Å². The molecule has 2 aromatic rings. The normalized spacial score (nSPS) is 10.7. The van der Waals surface area contributed by atoms with Crippen molar-refractivity contribution in [1.29, 1.82) is 5.26 Å². The molecule has 0 spiro atoms. The number of carbonyl (C=O) groups excluding carboxylic acids is 1. The lowest BCUT2D eigenvalue weighted by Gasteiger charge is -2.08. The number of amides is 1. The molecule has 0 saturated heterocycles. The number of hydrogen-bond acceptors (Lipinski definition) is 4. The fraction of sp³-hybridized carbons (Fsp3) is 0.0588. The van der Waals surface area contributed by atoms with Gasteiger partial charge in [0.1, 0.15) is 17.4 Å². The van der Waals surface area contributed by atoms with Crippen LogP contribution in [0.1, 0.15) is 5.56 Å². The summed E-state index contributed by atoms with van der Waals surface area (Å²) in [7, 11) is 0. The van der Waals surface area contributed by atoms with Crippen molar-refractivity contribution in [3.63, 3.8) is 0 Å². The molecule has 5 nitrogen and oxygen atoms in total. The number of para-hydroxylation sites is 2. The van der Waals surface area contributed by atoms with Crippen molar-refractivity contribution in [1.82, 2.24) is 0 Å². The summed E-state index contributed by atoms with van der Waals surface area (Å²) < 4.78 is 0.947. The highest BCUT2D eigenvalue weighted by atomic mass is 79.9. The molecular weight excluding hydrogens is 358 g/mol. The van der Waals surface area contributed by atoms with Crippen molar-refractivity contribution in [3.8, 4) is 11.8 Å². The molecule has 1 amide bonds. The van der Waals surface area contributed by atoms with Gasteiger partial charge in [0.25, 0.3) is 5.91 Å². The number of nitrogens with zero attached hydrogens (tertiary/aromatic N) is 1. The number of aryl methyl sites for hydroxylation is 1. The topological polar surface area (TPSA) is 85.2 Å². The molecule has 116 valence electrons. The Bertz CT molecular complexity index is 810. The Hall–Kier alpha value is -2.78. The molecule has 0 aliphatic carbocycles. The van der Waals surface area contributed by atoms with E-state index in [1.54, 1.807) is 18.2 Å². The first-order valence-corrected chi connectivity index (χ1v) is 7.53. The largest absolute Gasteiger partial charge is 0.506 e. The van der Waals surface area contributed by atoms with E-state index in [2.05, 4.69) is 26.6 Å². The highest BCUT2D eigenvalue weighted by Gasteiger charge is 2.11. The molecule has 0 aliphatic heterocycles. The predicted molar refractivity (Wildman–Crippen MR) is 92.9 cm³/mol. The second-order valence-electron chi connectivity index (χ2n) is 4.74. The minimum absolute atomic E-state index is 0.0603. The molecular formula is C17H14BrN3O2. The van der Waals surface area contributed by atoms with E-state index < -0.39 is 5.91 Å². The zero-order valence-electron chi connectivity index (χ0n) is 12.3. The van der Waals surface area contributed by atoms with Crippen LogP contribution in [0, 0.1) is 18.3 Å². The summed E-state index contributed by atoms with van der Waals surface area (Å²) in [5, 5.41) is 24.2. The van der Waals surface area contributed by atoms with Crippen molar-refractivity contribution in [3.05, 3.63) is 64.3 Å². The Morgan fingerprint density at radius 1 is 1.26 bits per heavy atom. The first-order valence-electron chi connectivity index (χ1n) is 6.73. The van der Waals surface area contributed by atoms with Gasteiger partial charge < -0.3 is 15.7 Å². The summed E-state index contributed by atoms with van der Waals surface area (Å²) in [5.74, 6) is -0.661. The van der Waals surface area contributed by atoms with Gasteiger partial charge in [0.05, 0.1) is 5.69 Å². The third kappa shape index (κ3) is 4.34. The number of benzene rings is 2. The highest BCUT2D eigenvalue weighted by molar-refractivity contribution is 9.10. The zero-order chi connectivity index (χ0) is 16.8. The van der Waals surface area contributed by atoms with Gasteiger partial charge in [0, 0.05) is 16.4 Å². The summed E-state index contributed by atoms with van der Waals surface area (Å²) >= 11 is 3.37. The SMILES string of the molecule is Cc1cc(Br)ccc1N/C=C(/C#N)C(=O)Nc1ccccc1O. The molecule has 2 rings (SSSR count). The minimum Gasteiger partial charge on any atom is -0.506 e. The third-order valence-electron chi connectivity index (χ3n) is 3.08. The molecule has 0 atom stereocenters. The van der Waals surface area contributed by atoms with Crippen molar-refractivity contribution in [2.24, 2.45) is 0 Å². The summed E-state index contributed by atoms with van der Waals surface area (Å²) in [6.07, 6.45) is 1.34. The van der Waals surface area contributed by atoms with Crippen molar-refractivity contribution < 1.29 is 9.90 Å². The molecule has 6 heteroatoms. The quantitative estimate of drug-likeness (QED) is 0.431. The second-order valence-corrected chi connectivity index (χ2v) is 5.66. The number of phenols is 1. The van der Waals surface area contributed by atoms with Crippen LogP contribution in [0.5, 0.6) is 5.75 Å². The summed E-state index contributed by atoms with van der Waals surface area (Å²) in [6.45, 7) is 1.91. The number of hydrogen-bond donors (Lipinski definition) is 3. The maximum Gasteiger partial charge on any atom is 0.267 e. The maximum atomic E-state index is 12.1. The van der Waals surface area contributed by atoms with Gasteiger partial charge in [-0.3, -0.25) is 4.79 Å². The van der Waals surface area contributed by atoms with Crippen LogP contribution in [0.4, 0.5) is 11.4 Å². The van der Waals surface area contributed by atoms with Crippen LogP contribution >= 0.6 is 15.9 Å². The predicted octanol–water partition coefficient (Wildman–Crippen LogP) is 3.92. The van der Waals surface area contributed by atoms with Gasteiger partial charge in [-0.2, -0.15) is 5.26 Å². The lowest BCUT2D eigenvalue weighted by atomic mass is 10.2. The van der Waals surface area contributed by atoms with E-state index in [9.17, 15) is 9.90 Å². The molecule has 2 aromatic carbocycles. The molecule has 0 radical (unpaired) electrons. The highest BCUT2D eigenvalue weighted by Crippen LogP contribution is 2.22. The van der Waals surface area contributed by atoms with E-state index in [1.807, 2.05) is 31.2 Å². The first kappa shape index (κ1) is 16.6. The van der Waals surface area contributed by atoms with Gasteiger partial charge >= 0.3 is 0 Å². The summed E-state index contributed by atoms with van der Waals surface area (Å²) in [6, 6.07) is 13.8. The van der Waals surface area contributed by atoms with Crippen LogP contribution in [0.25, 0.3) is 0 Å². The Morgan fingerprint density at radius 3 is 2.65 bits per heavy atom. The molecule has 23 heavy (non-hydrogen) atoms. The number of nitrogens with one attached hydrogen (secondary N) is 2. The number of halogens is 1. The average molecular weight is 372 g/mol. The number of anilines is 2. The summed E-state index contributed by atoms with van der Waals surface area (Å²) in [5.41, 5.74) is 1.90. The second kappa shape index (κ2) is 7.47. The van der Waals surface area contributed by atoms with E-state index in [1.165, 1.54) is 12.3 Å². The van der Waals surface area contributed by atoms with E-state index in [4.69, 9.17) is 5.26 Å². The Kier molecular flexibility index (Phi) is 5.39. The van der Waals surface area contributed by atoms with Crippen LogP contribution in [-0.4, -0.2) is 11.0 Å². The molecule has 0 bridgehead atoms. The Labute approximate surface area is 142 Å². The summed E-state index contributed by atoms with van der Waals surface area (Å²) in [4.78, 5) is 12.1. The fourth-order valence-electron chi connectivity index (χ4n) is 1.86. The number of carbonyl (C=O) groups is 1. The van der Waals surface area contributed by atoms with Crippen LogP contribution in [0.15, 0.2) is 58.7 Å². The Morgan fingerprint density at radius 2 is 2.00 bits per heavy atom. The van der Waals surface area contributed by atoms with Crippen molar-refractivity contribution in [2.45, 2.75) is 6.92 Å². The van der Waals surface area contributed by atoms with Crippen molar-refractivity contribution >= 4 is 33.2 Å². The standard InChI is InChI=1S/C17H14BrN3O2/c1-11-8-13(18)6-7-14(11)20-10-12(9-19)17(23)21-15-4-2-3-5-16(15)22/h2-8,10,20,22H,1H3,(H,21,23)/b12-10-. The van der Waals surface area contributed by atoms with Crippen LogP contribution in [0.3, 0.4) is 0 Å². The Balaban J connectivity index is 2.14. The number of rotatable bonds is 4. The van der Waals surface area contributed by atoms with Gasteiger partial charge in [-0.25, -0.2) is 0 Å². The van der Waals surface area contributed by atoms with Gasteiger partial charge in [0.2, 0.25) is 0 Å². The van der Waals surface area contributed by atoms with E-state index in [0.717, 1.165) is 15.7 Å². The van der Waals surface area contributed by atoms with Gasteiger partial charge in [-0.15, -0.1) is 0 Å². The third-order valence-corrected chi connectivity index (χ3v) is 3.57. The van der Waals surface area contributed by atoms with Crippen molar-refractivity contribution in [2.75, 3.05) is 10.6 Å².